The van der Waals surface area contributed by atoms with Gasteiger partial charge in [0.25, 0.3) is 0 Å². The van der Waals surface area contributed by atoms with E-state index in [4.69, 9.17) is 4.52 Å². The molecule has 0 aromatic carbocycles. The molecule has 92 valence electrons. The molecule has 1 aromatic heterocycles. The fraction of sp³-hybridized carbons (Fsp3) is 0.667. The Morgan fingerprint density at radius 2 is 2.47 bits per heavy atom. The van der Waals surface area contributed by atoms with E-state index in [1.54, 1.807) is 6.07 Å². The van der Waals surface area contributed by atoms with E-state index in [1.807, 2.05) is 6.92 Å². The predicted octanol–water partition coefficient (Wildman–Crippen LogP) is 1.31. The van der Waals surface area contributed by atoms with Crippen molar-refractivity contribution in [2.24, 2.45) is 11.8 Å². The molecule has 1 aliphatic heterocycles. The van der Waals surface area contributed by atoms with E-state index in [0.717, 1.165) is 13.0 Å². The van der Waals surface area contributed by atoms with Crippen LogP contribution in [0.1, 0.15) is 25.0 Å². The van der Waals surface area contributed by atoms with Gasteiger partial charge >= 0.3 is 0 Å². The summed E-state index contributed by atoms with van der Waals surface area (Å²) in [5, 5.41) is 9.90. The Balaban J connectivity index is 1.66. The summed E-state index contributed by atoms with van der Waals surface area (Å²) < 4.78 is 4.93. The first-order valence-electron chi connectivity index (χ1n) is 6.21. The Hall–Kier alpha value is -1.36. The molecule has 17 heavy (non-hydrogen) atoms. The molecule has 1 saturated heterocycles. The summed E-state index contributed by atoms with van der Waals surface area (Å²) in [5.41, 5.74) is 0. The third-order valence-electron chi connectivity index (χ3n) is 3.91. The number of nitrogens with one attached hydrogen (secondary N) is 2. The lowest BCUT2D eigenvalue weighted by atomic mass is 9.94. The van der Waals surface area contributed by atoms with Crippen molar-refractivity contribution in [3.05, 3.63) is 11.8 Å². The van der Waals surface area contributed by atoms with Crippen LogP contribution in [-0.2, 0) is 4.79 Å². The molecule has 0 spiro atoms. The molecule has 2 N–H and O–H groups in total. The third-order valence-corrected chi connectivity index (χ3v) is 3.91. The average molecular weight is 235 g/mol. The SMILES string of the molecule is Cc1cc(NC(=O)C2NCC3CCCC32)no1. The Morgan fingerprint density at radius 3 is 3.24 bits per heavy atom. The molecule has 1 aromatic rings. The van der Waals surface area contributed by atoms with E-state index < -0.39 is 0 Å². The Morgan fingerprint density at radius 1 is 1.59 bits per heavy atom. The van der Waals surface area contributed by atoms with Crippen LogP contribution in [0, 0.1) is 18.8 Å². The number of rotatable bonds is 2. The highest BCUT2D eigenvalue weighted by atomic mass is 16.5. The standard InChI is InChI=1S/C12H17N3O2/c1-7-5-10(15-17-7)14-12(16)11-9-4-2-3-8(9)6-13-11/h5,8-9,11,13H,2-4,6H2,1H3,(H,14,15,16). The van der Waals surface area contributed by atoms with E-state index in [0.29, 0.717) is 23.4 Å². The van der Waals surface area contributed by atoms with Gasteiger partial charge in [-0.05, 0) is 38.1 Å². The number of aromatic nitrogens is 1. The lowest BCUT2D eigenvalue weighted by Gasteiger charge is -2.16. The number of aryl methyl sites for hydroxylation is 1. The van der Waals surface area contributed by atoms with Crippen LogP contribution in [0.2, 0.25) is 0 Å². The third kappa shape index (κ3) is 1.95. The van der Waals surface area contributed by atoms with Crippen molar-refractivity contribution in [2.75, 3.05) is 11.9 Å². The van der Waals surface area contributed by atoms with E-state index >= 15 is 0 Å². The van der Waals surface area contributed by atoms with E-state index in [9.17, 15) is 4.79 Å². The van der Waals surface area contributed by atoms with Crippen LogP contribution < -0.4 is 10.6 Å². The van der Waals surface area contributed by atoms with Gasteiger partial charge in [-0.3, -0.25) is 4.79 Å². The highest BCUT2D eigenvalue weighted by Gasteiger charge is 2.42. The highest BCUT2D eigenvalue weighted by Crippen LogP contribution is 2.37. The molecule has 1 amide bonds. The fourth-order valence-electron chi connectivity index (χ4n) is 3.10. The Labute approximate surface area is 99.9 Å². The van der Waals surface area contributed by atoms with Gasteiger partial charge in [0.15, 0.2) is 5.82 Å². The second kappa shape index (κ2) is 4.14. The van der Waals surface area contributed by atoms with Crippen molar-refractivity contribution < 1.29 is 9.32 Å². The lowest BCUT2D eigenvalue weighted by molar-refractivity contribution is -0.118. The first kappa shape index (κ1) is 10.8. The van der Waals surface area contributed by atoms with Crippen LogP contribution in [0.5, 0.6) is 0 Å². The zero-order valence-electron chi connectivity index (χ0n) is 9.90. The van der Waals surface area contributed by atoms with Gasteiger partial charge in [0.1, 0.15) is 5.76 Å². The lowest BCUT2D eigenvalue weighted by Crippen LogP contribution is -2.39. The minimum absolute atomic E-state index is 0.0210. The molecule has 1 aliphatic carbocycles. The van der Waals surface area contributed by atoms with Gasteiger partial charge in [0.2, 0.25) is 5.91 Å². The molecular formula is C12H17N3O2. The van der Waals surface area contributed by atoms with E-state index in [1.165, 1.54) is 12.8 Å². The molecule has 5 nitrogen and oxygen atoms in total. The van der Waals surface area contributed by atoms with Gasteiger partial charge < -0.3 is 15.2 Å². The Bertz CT molecular complexity index is 429. The smallest absolute Gasteiger partial charge is 0.243 e. The topological polar surface area (TPSA) is 67.2 Å². The maximum absolute atomic E-state index is 12.1. The highest BCUT2D eigenvalue weighted by molar-refractivity contribution is 5.94. The van der Waals surface area contributed by atoms with Crippen molar-refractivity contribution in [1.82, 2.24) is 10.5 Å². The maximum Gasteiger partial charge on any atom is 0.243 e. The second-order valence-electron chi connectivity index (χ2n) is 5.05. The summed E-state index contributed by atoms with van der Waals surface area (Å²) in [6, 6.07) is 1.68. The number of amides is 1. The Kier molecular flexibility index (Phi) is 2.63. The maximum atomic E-state index is 12.1. The molecule has 3 unspecified atom stereocenters. The number of anilines is 1. The van der Waals surface area contributed by atoms with Gasteiger partial charge in [-0.1, -0.05) is 11.6 Å². The minimum atomic E-state index is -0.0560. The largest absolute Gasteiger partial charge is 0.360 e. The van der Waals surface area contributed by atoms with Crippen molar-refractivity contribution in [3.8, 4) is 0 Å². The minimum Gasteiger partial charge on any atom is -0.360 e. The van der Waals surface area contributed by atoms with Crippen molar-refractivity contribution in [2.45, 2.75) is 32.2 Å². The van der Waals surface area contributed by atoms with Crippen molar-refractivity contribution in [3.63, 3.8) is 0 Å². The summed E-state index contributed by atoms with van der Waals surface area (Å²) >= 11 is 0. The number of carbonyl (C=O) groups is 1. The molecule has 0 radical (unpaired) electrons. The van der Waals surface area contributed by atoms with Gasteiger partial charge in [-0.15, -0.1) is 0 Å². The van der Waals surface area contributed by atoms with Crippen LogP contribution in [-0.4, -0.2) is 23.7 Å². The zero-order chi connectivity index (χ0) is 11.8. The van der Waals surface area contributed by atoms with Crippen molar-refractivity contribution >= 4 is 11.7 Å². The molecule has 5 heteroatoms. The van der Waals surface area contributed by atoms with Gasteiger partial charge in [-0.25, -0.2) is 0 Å². The van der Waals surface area contributed by atoms with E-state index in [-0.39, 0.29) is 11.9 Å². The summed E-state index contributed by atoms with van der Waals surface area (Å²) in [7, 11) is 0. The molecule has 3 atom stereocenters. The van der Waals surface area contributed by atoms with E-state index in [2.05, 4.69) is 15.8 Å². The van der Waals surface area contributed by atoms with Gasteiger partial charge in [0.05, 0.1) is 6.04 Å². The number of hydrogen-bond acceptors (Lipinski definition) is 4. The average Bonchev–Trinajstić information content (AvgIpc) is 2.93. The quantitative estimate of drug-likeness (QED) is 0.811. The van der Waals surface area contributed by atoms with Crippen LogP contribution >= 0.6 is 0 Å². The summed E-state index contributed by atoms with van der Waals surface area (Å²) in [6.45, 7) is 2.78. The second-order valence-corrected chi connectivity index (χ2v) is 5.05. The number of fused-ring (bicyclic) bond motifs is 1. The molecular weight excluding hydrogens is 218 g/mol. The number of carbonyl (C=O) groups excluding carboxylic acids is 1. The van der Waals surface area contributed by atoms with Crippen LogP contribution in [0.3, 0.4) is 0 Å². The first-order valence-corrected chi connectivity index (χ1v) is 6.21. The van der Waals surface area contributed by atoms with Crippen LogP contribution in [0.25, 0.3) is 0 Å². The van der Waals surface area contributed by atoms with Crippen LogP contribution in [0.4, 0.5) is 5.82 Å². The fourth-order valence-corrected chi connectivity index (χ4v) is 3.10. The van der Waals surface area contributed by atoms with Gasteiger partial charge in [-0.2, -0.15) is 0 Å². The molecule has 0 bridgehead atoms. The normalized spacial score (nSPS) is 31.5. The molecule has 1 saturated carbocycles. The molecule has 2 heterocycles. The summed E-state index contributed by atoms with van der Waals surface area (Å²) in [4.78, 5) is 12.1. The summed E-state index contributed by atoms with van der Waals surface area (Å²) in [5.74, 6) is 2.43. The number of hydrogen-bond donors (Lipinski definition) is 2. The monoisotopic (exact) mass is 235 g/mol. The van der Waals surface area contributed by atoms with Gasteiger partial charge in [0, 0.05) is 6.07 Å². The number of nitrogens with zero attached hydrogens (tertiary/aromatic N) is 1. The molecule has 2 aliphatic rings. The zero-order valence-corrected chi connectivity index (χ0v) is 9.90. The summed E-state index contributed by atoms with van der Waals surface area (Å²) in [6.07, 6.45) is 3.67. The van der Waals surface area contributed by atoms with Crippen molar-refractivity contribution in [1.29, 1.82) is 0 Å². The van der Waals surface area contributed by atoms with Crippen LogP contribution in [0.15, 0.2) is 10.6 Å². The first-order chi connectivity index (χ1) is 8.24. The molecule has 2 fully saturated rings. The molecule has 3 rings (SSSR count). The predicted molar refractivity (Wildman–Crippen MR) is 62.5 cm³/mol.